The number of nitro groups is 1. The van der Waals surface area contributed by atoms with Crippen molar-refractivity contribution in [3.8, 4) is 5.82 Å². The van der Waals surface area contributed by atoms with Gasteiger partial charge in [0, 0.05) is 13.2 Å². The van der Waals surface area contributed by atoms with Gasteiger partial charge in [0.25, 0.3) is 0 Å². The summed E-state index contributed by atoms with van der Waals surface area (Å²) >= 11 is 0. The second-order valence-electron chi connectivity index (χ2n) is 4.15. The van der Waals surface area contributed by atoms with Gasteiger partial charge in [-0.25, -0.2) is 9.36 Å². The zero-order valence-electron chi connectivity index (χ0n) is 10.6. The molecule has 0 aliphatic carbocycles. The van der Waals surface area contributed by atoms with E-state index in [2.05, 4.69) is 10.2 Å². The second-order valence-corrected chi connectivity index (χ2v) is 4.15. The van der Waals surface area contributed by atoms with Crippen LogP contribution in [0.1, 0.15) is 24.7 Å². The van der Waals surface area contributed by atoms with Crippen molar-refractivity contribution in [3.63, 3.8) is 0 Å². The highest BCUT2D eigenvalue weighted by atomic mass is 16.6. The van der Waals surface area contributed by atoms with Crippen LogP contribution in [0.4, 0.5) is 5.69 Å². The smallest absolute Gasteiger partial charge is 0.258 e. The lowest BCUT2D eigenvalue weighted by molar-refractivity contribution is -0.385. The third-order valence-electron chi connectivity index (χ3n) is 2.67. The van der Waals surface area contributed by atoms with E-state index in [1.165, 1.54) is 9.36 Å². The van der Waals surface area contributed by atoms with Crippen LogP contribution in [-0.4, -0.2) is 24.5 Å². The minimum absolute atomic E-state index is 0.0439. The highest BCUT2D eigenvalue weighted by Gasteiger charge is 2.27. The fraction of sp³-hybridized carbons (Fsp3) is 0.455. The van der Waals surface area contributed by atoms with E-state index in [0.717, 1.165) is 12.1 Å². The lowest BCUT2D eigenvalue weighted by Crippen LogP contribution is -2.05. The van der Waals surface area contributed by atoms with Crippen LogP contribution in [0.2, 0.25) is 0 Å². The first-order chi connectivity index (χ1) is 8.54. The van der Waals surface area contributed by atoms with E-state index in [1.807, 2.05) is 13.8 Å². The quantitative estimate of drug-likeness (QED) is 0.611. The number of rotatable bonds is 4. The van der Waals surface area contributed by atoms with Crippen molar-refractivity contribution in [3.05, 3.63) is 33.8 Å². The predicted octanol–water partition coefficient (Wildman–Crippen LogP) is 1.77. The highest BCUT2D eigenvalue weighted by Crippen LogP contribution is 2.27. The molecule has 0 saturated carbocycles. The molecule has 0 N–H and O–H groups in total. The van der Waals surface area contributed by atoms with E-state index < -0.39 is 0 Å². The number of aryl methyl sites for hydroxylation is 3. The van der Waals surface area contributed by atoms with Crippen LogP contribution < -0.4 is 0 Å². The fourth-order valence-electron chi connectivity index (χ4n) is 1.94. The minimum Gasteiger partial charge on any atom is -0.258 e. The molecule has 0 bridgehead atoms. The molecule has 2 aromatic heterocycles. The summed E-state index contributed by atoms with van der Waals surface area (Å²) in [4.78, 5) is 10.8. The summed E-state index contributed by atoms with van der Waals surface area (Å²) in [6, 6.07) is 1.80. The molecule has 0 fully saturated rings. The Hall–Kier alpha value is -2.18. The van der Waals surface area contributed by atoms with Crippen LogP contribution in [0.5, 0.6) is 0 Å². The van der Waals surface area contributed by atoms with Gasteiger partial charge in [-0.1, -0.05) is 13.3 Å². The first-order valence-corrected chi connectivity index (χ1v) is 5.77. The number of hydrogen-bond donors (Lipinski definition) is 0. The summed E-state index contributed by atoms with van der Waals surface area (Å²) in [5.74, 6) is 0.400. The number of aromatic nitrogens is 4. The zero-order valence-corrected chi connectivity index (χ0v) is 10.6. The van der Waals surface area contributed by atoms with Gasteiger partial charge in [-0.2, -0.15) is 10.2 Å². The Morgan fingerprint density at radius 1 is 1.44 bits per heavy atom. The van der Waals surface area contributed by atoms with Crippen molar-refractivity contribution < 1.29 is 4.92 Å². The SMILES string of the molecule is CCCc1nn(C)c(-n2ccc(C)n2)c1[N+](=O)[O-]. The lowest BCUT2D eigenvalue weighted by atomic mass is 10.2. The first-order valence-electron chi connectivity index (χ1n) is 5.77. The fourth-order valence-corrected chi connectivity index (χ4v) is 1.94. The average Bonchev–Trinajstić information content (AvgIpc) is 2.83. The van der Waals surface area contributed by atoms with Gasteiger partial charge in [0.15, 0.2) is 0 Å². The van der Waals surface area contributed by atoms with Crippen LogP contribution >= 0.6 is 0 Å². The Bertz CT molecular complexity index is 584. The van der Waals surface area contributed by atoms with Crippen molar-refractivity contribution in [1.82, 2.24) is 19.6 Å². The standard InChI is InChI=1S/C11H15N5O2/c1-4-5-9-10(16(17)18)11(14(3)13-9)15-7-6-8(2)12-15/h6-7H,4-5H2,1-3H3. The molecule has 96 valence electrons. The van der Waals surface area contributed by atoms with Gasteiger partial charge in [-0.05, 0) is 19.4 Å². The van der Waals surface area contributed by atoms with Gasteiger partial charge < -0.3 is 0 Å². The molecule has 0 aliphatic rings. The third kappa shape index (κ3) is 1.99. The summed E-state index contributed by atoms with van der Waals surface area (Å²) in [7, 11) is 1.69. The van der Waals surface area contributed by atoms with Gasteiger partial charge in [0.1, 0.15) is 5.69 Å². The molecule has 0 aromatic carbocycles. The minimum atomic E-state index is -0.385. The van der Waals surface area contributed by atoms with Crippen molar-refractivity contribution in [1.29, 1.82) is 0 Å². The van der Waals surface area contributed by atoms with Crippen molar-refractivity contribution in [2.24, 2.45) is 7.05 Å². The van der Waals surface area contributed by atoms with Crippen LogP contribution in [0.3, 0.4) is 0 Å². The van der Waals surface area contributed by atoms with E-state index in [4.69, 9.17) is 0 Å². The lowest BCUT2D eigenvalue weighted by Gasteiger charge is -2.00. The van der Waals surface area contributed by atoms with Gasteiger partial charge >= 0.3 is 5.69 Å². The second kappa shape index (κ2) is 4.59. The Labute approximate surface area is 104 Å². The van der Waals surface area contributed by atoms with Crippen LogP contribution in [0, 0.1) is 17.0 Å². The Balaban J connectivity index is 2.62. The molecular formula is C11H15N5O2. The van der Waals surface area contributed by atoms with Gasteiger partial charge in [-0.15, -0.1) is 0 Å². The summed E-state index contributed by atoms with van der Waals surface area (Å²) in [6.45, 7) is 3.81. The summed E-state index contributed by atoms with van der Waals surface area (Å²) in [6.07, 6.45) is 3.11. The average molecular weight is 249 g/mol. The maximum atomic E-state index is 11.2. The van der Waals surface area contributed by atoms with E-state index >= 15 is 0 Å². The molecule has 0 amide bonds. The molecule has 2 rings (SSSR count). The van der Waals surface area contributed by atoms with Crippen molar-refractivity contribution >= 4 is 5.69 Å². The summed E-state index contributed by atoms with van der Waals surface area (Å²) < 4.78 is 3.01. The summed E-state index contributed by atoms with van der Waals surface area (Å²) in [5.41, 5.74) is 1.36. The van der Waals surface area contributed by atoms with Crippen LogP contribution in [0.25, 0.3) is 5.82 Å². The molecule has 18 heavy (non-hydrogen) atoms. The molecule has 0 spiro atoms. The molecule has 2 heterocycles. The van der Waals surface area contributed by atoms with E-state index in [1.54, 1.807) is 19.3 Å². The first kappa shape index (κ1) is 12.3. The third-order valence-corrected chi connectivity index (χ3v) is 2.67. The molecule has 7 nitrogen and oxygen atoms in total. The van der Waals surface area contributed by atoms with E-state index in [9.17, 15) is 10.1 Å². The van der Waals surface area contributed by atoms with Gasteiger partial charge in [-0.3, -0.25) is 10.1 Å². The Kier molecular flexibility index (Phi) is 3.14. The number of nitrogens with zero attached hydrogens (tertiary/aromatic N) is 5. The maximum absolute atomic E-state index is 11.2. The molecule has 0 aliphatic heterocycles. The van der Waals surface area contributed by atoms with E-state index in [-0.39, 0.29) is 10.6 Å². The Morgan fingerprint density at radius 3 is 2.67 bits per heavy atom. The Morgan fingerprint density at radius 2 is 2.17 bits per heavy atom. The van der Waals surface area contributed by atoms with Crippen molar-refractivity contribution in [2.45, 2.75) is 26.7 Å². The van der Waals surface area contributed by atoms with Gasteiger partial charge in [0.05, 0.1) is 10.6 Å². The van der Waals surface area contributed by atoms with Crippen LogP contribution in [-0.2, 0) is 13.5 Å². The molecule has 0 atom stereocenters. The molecule has 7 heteroatoms. The zero-order chi connectivity index (χ0) is 13.3. The molecule has 0 saturated heterocycles. The maximum Gasteiger partial charge on any atom is 0.336 e. The monoisotopic (exact) mass is 249 g/mol. The van der Waals surface area contributed by atoms with Crippen molar-refractivity contribution in [2.75, 3.05) is 0 Å². The molecule has 0 radical (unpaired) electrons. The largest absolute Gasteiger partial charge is 0.336 e. The van der Waals surface area contributed by atoms with Gasteiger partial charge in [0.2, 0.25) is 5.82 Å². The molecule has 0 unspecified atom stereocenters. The topological polar surface area (TPSA) is 78.8 Å². The predicted molar refractivity (Wildman–Crippen MR) is 65.7 cm³/mol. The highest BCUT2D eigenvalue weighted by molar-refractivity contribution is 5.51. The van der Waals surface area contributed by atoms with Crippen LogP contribution in [0.15, 0.2) is 12.3 Å². The normalized spacial score (nSPS) is 10.8. The summed E-state index contributed by atoms with van der Waals surface area (Å²) in [5, 5.41) is 19.7. The number of hydrogen-bond acceptors (Lipinski definition) is 4. The molecular weight excluding hydrogens is 234 g/mol. The molecule has 2 aromatic rings. The van der Waals surface area contributed by atoms with E-state index in [0.29, 0.717) is 17.9 Å².